The van der Waals surface area contributed by atoms with Crippen LogP contribution in [-0.2, 0) is 4.79 Å². The summed E-state index contributed by atoms with van der Waals surface area (Å²) >= 11 is 0. The minimum Gasteiger partial charge on any atom is -0.355 e. The Labute approximate surface area is 105 Å². The number of carbonyl (C=O) groups excluding carboxylic acids is 1. The zero-order chi connectivity index (χ0) is 11.1. The van der Waals surface area contributed by atoms with E-state index in [0.29, 0.717) is 25.4 Å². The van der Waals surface area contributed by atoms with Crippen molar-refractivity contribution in [2.24, 2.45) is 17.6 Å². The van der Waals surface area contributed by atoms with Gasteiger partial charge in [0.2, 0.25) is 5.91 Å². The predicted molar refractivity (Wildman–Crippen MR) is 69.7 cm³/mol. The molecule has 1 rings (SSSR count). The molecule has 3 nitrogen and oxygen atoms in total. The molecule has 0 aromatic carbocycles. The van der Waals surface area contributed by atoms with E-state index in [-0.39, 0.29) is 18.3 Å². The summed E-state index contributed by atoms with van der Waals surface area (Å²) in [5.41, 5.74) is 5.34. The fourth-order valence-corrected chi connectivity index (χ4v) is 2.45. The maximum atomic E-state index is 11.5. The van der Waals surface area contributed by atoms with Crippen molar-refractivity contribution in [3.05, 3.63) is 0 Å². The summed E-state index contributed by atoms with van der Waals surface area (Å²) in [6, 6.07) is 0. The molecule has 16 heavy (non-hydrogen) atoms. The average molecular weight is 249 g/mol. The van der Waals surface area contributed by atoms with Crippen molar-refractivity contribution in [2.75, 3.05) is 13.1 Å². The van der Waals surface area contributed by atoms with Gasteiger partial charge in [0.05, 0.1) is 0 Å². The van der Waals surface area contributed by atoms with E-state index in [9.17, 15) is 4.79 Å². The van der Waals surface area contributed by atoms with E-state index in [0.717, 1.165) is 5.92 Å². The van der Waals surface area contributed by atoms with Gasteiger partial charge >= 0.3 is 0 Å². The van der Waals surface area contributed by atoms with Crippen LogP contribution in [0.25, 0.3) is 0 Å². The third-order valence-electron chi connectivity index (χ3n) is 3.43. The summed E-state index contributed by atoms with van der Waals surface area (Å²) in [4.78, 5) is 11.5. The second-order valence-corrected chi connectivity index (χ2v) is 4.72. The second-order valence-electron chi connectivity index (χ2n) is 4.72. The normalized spacial score (nSPS) is 18.6. The van der Waals surface area contributed by atoms with Gasteiger partial charge in [-0.15, -0.1) is 12.4 Å². The van der Waals surface area contributed by atoms with Crippen LogP contribution in [0.3, 0.4) is 0 Å². The zero-order valence-electron chi connectivity index (χ0n) is 10.2. The molecule has 1 fully saturated rings. The van der Waals surface area contributed by atoms with E-state index < -0.39 is 0 Å². The number of carbonyl (C=O) groups is 1. The van der Waals surface area contributed by atoms with E-state index in [1.54, 1.807) is 0 Å². The number of hydrogen-bond acceptors (Lipinski definition) is 2. The third-order valence-corrected chi connectivity index (χ3v) is 3.43. The highest BCUT2D eigenvalue weighted by molar-refractivity contribution is 5.85. The first-order valence-corrected chi connectivity index (χ1v) is 6.20. The third kappa shape index (κ3) is 5.71. The standard InChI is InChI=1S/C12H24N2O.ClH/c1-10(9-12(15)14-8-7-13)11-5-3-2-4-6-11;/h10-11H,2-9,13H2,1H3,(H,14,15);1H. The van der Waals surface area contributed by atoms with Gasteiger partial charge in [-0.3, -0.25) is 4.79 Å². The van der Waals surface area contributed by atoms with Crippen LogP contribution >= 0.6 is 12.4 Å². The molecular formula is C12H25ClN2O. The Hall–Kier alpha value is -0.280. The molecule has 1 aliphatic carbocycles. The summed E-state index contributed by atoms with van der Waals surface area (Å²) in [6.07, 6.45) is 7.36. The molecule has 0 spiro atoms. The van der Waals surface area contributed by atoms with Gasteiger partial charge in [0.15, 0.2) is 0 Å². The van der Waals surface area contributed by atoms with E-state index in [1.807, 2.05) is 0 Å². The monoisotopic (exact) mass is 248 g/mol. The van der Waals surface area contributed by atoms with Gasteiger partial charge in [-0.1, -0.05) is 39.0 Å². The molecule has 1 aliphatic rings. The van der Waals surface area contributed by atoms with Crippen molar-refractivity contribution in [3.8, 4) is 0 Å². The quantitative estimate of drug-likeness (QED) is 0.783. The molecule has 1 amide bonds. The molecule has 0 aromatic rings. The number of hydrogen-bond donors (Lipinski definition) is 2. The summed E-state index contributed by atoms with van der Waals surface area (Å²) in [5, 5.41) is 2.84. The second kappa shape index (κ2) is 8.82. The average Bonchev–Trinajstić information content (AvgIpc) is 2.27. The van der Waals surface area contributed by atoms with Gasteiger partial charge in [-0.05, 0) is 11.8 Å². The minimum atomic E-state index is 0. The van der Waals surface area contributed by atoms with Crippen molar-refractivity contribution in [2.45, 2.75) is 45.4 Å². The molecule has 3 N–H and O–H groups in total. The van der Waals surface area contributed by atoms with Crippen molar-refractivity contribution in [1.82, 2.24) is 5.32 Å². The summed E-state index contributed by atoms with van der Waals surface area (Å²) < 4.78 is 0. The molecule has 0 saturated heterocycles. The molecule has 0 heterocycles. The first-order valence-electron chi connectivity index (χ1n) is 6.20. The van der Waals surface area contributed by atoms with Crippen LogP contribution in [0.1, 0.15) is 45.4 Å². The fourth-order valence-electron chi connectivity index (χ4n) is 2.45. The minimum absolute atomic E-state index is 0. The number of halogens is 1. The maximum Gasteiger partial charge on any atom is 0.220 e. The van der Waals surface area contributed by atoms with Gasteiger partial charge in [0.25, 0.3) is 0 Å². The molecule has 0 bridgehead atoms. The number of amides is 1. The summed E-state index contributed by atoms with van der Waals surface area (Å²) in [5.74, 6) is 1.46. The molecule has 1 saturated carbocycles. The lowest BCUT2D eigenvalue weighted by atomic mass is 9.79. The zero-order valence-corrected chi connectivity index (χ0v) is 11.0. The van der Waals surface area contributed by atoms with Crippen LogP contribution in [0, 0.1) is 11.8 Å². The van der Waals surface area contributed by atoms with Gasteiger partial charge < -0.3 is 11.1 Å². The molecule has 4 heteroatoms. The van der Waals surface area contributed by atoms with E-state index >= 15 is 0 Å². The highest BCUT2D eigenvalue weighted by Gasteiger charge is 2.21. The van der Waals surface area contributed by atoms with Crippen LogP contribution in [0.15, 0.2) is 0 Å². The molecule has 96 valence electrons. The lowest BCUT2D eigenvalue weighted by Gasteiger charge is -2.27. The summed E-state index contributed by atoms with van der Waals surface area (Å²) in [6.45, 7) is 3.35. The van der Waals surface area contributed by atoms with Crippen molar-refractivity contribution >= 4 is 18.3 Å². The molecule has 0 radical (unpaired) electrons. The van der Waals surface area contributed by atoms with E-state index in [4.69, 9.17) is 5.73 Å². The fraction of sp³-hybridized carbons (Fsp3) is 0.917. The smallest absolute Gasteiger partial charge is 0.220 e. The SMILES string of the molecule is CC(CC(=O)NCCN)C1CCCCC1.Cl. The highest BCUT2D eigenvalue weighted by atomic mass is 35.5. The predicted octanol–water partition coefficient (Wildman–Crippen LogP) is 2.09. The summed E-state index contributed by atoms with van der Waals surface area (Å²) in [7, 11) is 0. The number of nitrogens with two attached hydrogens (primary N) is 1. The van der Waals surface area contributed by atoms with Crippen molar-refractivity contribution in [3.63, 3.8) is 0 Å². The van der Waals surface area contributed by atoms with Gasteiger partial charge in [0, 0.05) is 19.5 Å². The Balaban J connectivity index is 0.00000225. The Morgan fingerprint density at radius 2 is 2.00 bits per heavy atom. The van der Waals surface area contributed by atoms with Gasteiger partial charge in [-0.2, -0.15) is 0 Å². The first-order chi connectivity index (χ1) is 7.24. The first kappa shape index (κ1) is 15.7. The Morgan fingerprint density at radius 1 is 1.38 bits per heavy atom. The highest BCUT2D eigenvalue weighted by Crippen LogP contribution is 2.31. The van der Waals surface area contributed by atoms with Crippen LogP contribution < -0.4 is 11.1 Å². The largest absolute Gasteiger partial charge is 0.355 e. The van der Waals surface area contributed by atoms with Crippen LogP contribution in [0.4, 0.5) is 0 Å². The van der Waals surface area contributed by atoms with Crippen LogP contribution in [-0.4, -0.2) is 19.0 Å². The number of nitrogens with one attached hydrogen (secondary N) is 1. The van der Waals surface area contributed by atoms with Crippen LogP contribution in [0.5, 0.6) is 0 Å². The number of rotatable bonds is 5. The molecule has 0 aliphatic heterocycles. The molecule has 1 unspecified atom stereocenters. The molecule has 1 atom stereocenters. The molecule has 0 aromatic heterocycles. The Bertz CT molecular complexity index is 193. The topological polar surface area (TPSA) is 55.1 Å². The van der Waals surface area contributed by atoms with Crippen LogP contribution in [0.2, 0.25) is 0 Å². The van der Waals surface area contributed by atoms with E-state index in [2.05, 4.69) is 12.2 Å². The van der Waals surface area contributed by atoms with Crippen molar-refractivity contribution in [1.29, 1.82) is 0 Å². The van der Waals surface area contributed by atoms with Gasteiger partial charge in [-0.25, -0.2) is 0 Å². The maximum absolute atomic E-state index is 11.5. The van der Waals surface area contributed by atoms with Gasteiger partial charge in [0.1, 0.15) is 0 Å². The Kier molecular flexibility index (Phi) is 8.67. The lowest BCUT2D eigenvalue weighted by molar-refractivity contribution is -0.122. The van der Waals surface area contributed by atoms with E-state index in [1.165, 1.54) is 32.1 Å². The molecular weight excluding hydrogens is 224 g/mol. The Morgan fingerprint density at radius 3 is 2.56 bits per heavy atom. The lowest BCUT2D eigenvalue weighted by Crippen LogP contribution is -2.31. The van der Waals surface area contributed by atoms with Crippen molar-refractivity contribution < 1.29 is 4.79 Å².